The minimum atomic E-state index is -0.334. The van der Waals surface area contributed by atoms with E-state index in [9.17, 15) is 4.79 Å². The summed E-state index contributed by atoms with van der Waals surface area (Å²) in [6.45, 7) is 10.0. The molecule has 0 aromatic rings. The first-order valence-electron chi connectivity index (χ1n) is 4.75. The van der Waals surface area contributed by atoms with Gasteiger partial charge in [-0.1, -0.05) is 19.9 Å². The molecular formula is C10H20N2O. The second-order valence-electron chi connectivity index (χ2n) is 3.18. The van der Waals surface area contributed by atoms with Gasteiger partial charge in [-0.15, -0.1) is 0 Å². The van der Waals surface area contributed by atoms with Crippen molar-refractivity contribution in [1.29, 1.82) is 0 Å². The zero-order valence-electron chi connectivity index (χ0n) is 9.00. The average molecular weight is 184 g/mol. The summed E-state index contributed by atoms with van der Waals surface area (Å²) in [4.78, 5) is 13.0. The Bertz CT molecular complexity index is 195. The van der Waals surface area contributed by atoms with Gasteiger partial charge in [-0.25, -0.2) is 0 Å². The monoisotopic (exact) mass is 184 g/mol. The summed E-state index contributed by atoms with van der Waals surface area (Å²) in [5.74, 6) is -0.334. The Morgan fingerprint density at radius 3 is 2.23 bits per heavy atom. The molecule has 0 rings (SSSR count). The molecule has 13 heavy (non-hydrogen) atoms. The van der Waals surface area contributed by atoms with Crippen LogP contribution in [0, 0.1) is 0 Å². The smallest absolute Gasteiger partial charge is 0.244 e. The number of carbonyl (C=O) groups is 1. The van der Waals surface area contributed by atoms with Crippen LogP contribution in [0.3, 0.4) is 0 Å². The molecule has 76 valence electrons. The summed E-state index contributed by atoms with van der Waals surface area (Å²) in [6, 6.07) is 0.280. The van der Waals surface area contributed by atoms with Gasteiger partial charge in [-0.3, -0.25) is 9.69 Å². The molecule has 0 radical (unpaired) electrons. The van der Waals surface area contributed by atoms with Crippen molar-refractivity contribution in [2.45, 2.75) is 33.7 Å². The summed E-state index contributed by atoms with van der Waals surface area (Å²) in [5.41, 5.74) is 5.78. The van der Waals surface area contributed by atoms with Gasteiger partial charge in [0.1, 0.15) is 0 Å². The van der Waals surface area contributed by atoms with Gasteiger partial charge in [0.05, 0.1) is 0 Å². The maximum Gasteiger partial charge on any atom is 0.244 e. The SMILES string of the molecule is CCN(CC)C(C)/C=C(\C)C(N)=O. The van der Waals surface area contributed by atoms with Gasteiger partial charge in [0.15, 0.2) is 0 Å². The first-order valence-corrected chi connectivity index (χ1v) is 4.75. The van der Waals surface area contributed by atoms with E-state index in [4.69, 9.17) is 5.73 Å². The standard InChI is InChI=1S/C10H20N2O/c1-5-12(6-2)9(4)7-8(3)10(11)13/h7,9H,5-6H2,1-4H3,(H2,11,13)/b8-7+. The highest BCUT2D eigenvalue weighted by molar-refractivity contribution is 5.91. The summed E-state index contributed by atoms with van der Waals surface area (Å²) in [5, 5.41) is 0. The molecule has 0 aliphatic heterocycles. The van der Waals surface area contributed by atoms with E-state index in [1.807, 2.05) is 6.08 Å². The van der Waals surface area contributed by atoms with Gasteiger partial charge in [0.25, 0.3) is 0 Å². The Kier molecular flexibility index (Phi) is 5.39. The van der Waals surface area contributed by atoms with Crippen LogP contribution >= 0.6 is 0 Å². The predicted molar refractivity (Wildman–Crippen MR) is 55.3 cm³/mol. The van der Waals surface area contributed by atoms with Crippen molar-refractivity contribution in [2.24, 2.45) is 5.73 Å². The largest absolute Gasteiger partial charge is 0.366 e. The van der Waals surface area contributed by atoms with Gasteiger partial charge in [0, 0.05) is 11.6 Å². The van der Waals surface area contributed by atoms with Gasteiger partial charge in [-0.05, 0) is 26.9 Å². The fourth-order valence-electron chi connectivity index (χ4n) is 1.35. The van der Waals surface area contributed by atoms with Crippen molar-refractivity contribution < 1.29 is 4.79 Å². The minimum Gasteiger partial charge on any atom is -0.366 e. The van der Waals surface area contributed by atoms with Crippen molar-refractivity contribution in [3.63, 3.8) is 0 Å². The lowest BCUT2D eigenvalue weighted by atomic mass is 10.1. The molecule has 0 bridgehead atoms. The molecule has 0 saturated heterocycles. The highest BCUT2D eigenvalue weighted by atomic mass is 16.1. The van der Waals surface area contributed by atoms with Crippen molar-refractivity contribution in [2.75, 3.05) is 13.1 Å². The van der Waals surface area contributed by atoms with E-state index in [0.29, 0.717) is 5.57 Å². The van der Waals surface area contributed by atoms with Crippen molar-refractivity contribution in [1.82, 2.24) is 4.90 Å². The normalized spacial score (nSPS) is 14.7. The maximum absolute atomic E-state index is 10.8. The third-order valence-electron chi connectivity index (χ3n) is 2.27. The van der Waals surface area contributed by atoms with Crippen molar-refractivity contribution in [3.8, 4) is 0 Å². The molecular weight excluding hydrogens is 164 g/mol. The summed E-state index contributed by atoms with van der Waals surface area (Å²) in [6.07, 6.45) is 1.91. The van der Waals surface area contributed by atoms with Crippen LogP contribution in [0.15, 0.2) is 11.6 Å². The number of amides is 1. The molecule has 1 atom stereocenters. The second kappa shape index (κ2) is 5.75. The van der Waals surface area contributed by atoms with Crippen LogP contribution in [-0.2, 0) is 4.79 Å². The minimum absolute atomic E-state index is 0.280. The number of nitrogens with two attached hydrogens (primary N) is 1. The molecule has 0 aromatic heterocycles. The first-order chi connectivity index (χ1) is 6.02. The fourth-order valence-corrected chi connectivity index (χ4v) is 1.35. The summed E-state index contributed by atoms with van der Waals surface area (Å²) >= 11 is 0. The highest BCUT2D eigenvalue weighted by Gasteiger charge is 2.08. The van der Waals surface area contributed by atoms with E-state index >= 15 is 0 Å². The number of likely N-dealkylation sites (N-methyl/N-ethyl adjacent to an activating group) is 1. The topological polar surface area (TPSA) is 46.3 Å². The van der Waals surface area contributed by atoms with Crippen LogP contribution in [0.5, 0.6) is 0 Å². The van der Waals surface area contributed by atoms with Gasteiger partial charge in [0.2, 0.25) is 5.91 Å². The van der Waals surface area contributed by atoms with Crippen LogP contribution in [0.4, 0.5) is 0 Å². The Hall–Kier alpha value is -0.830. The number of rotatable bonds is 5. The Morgan fingerprint density at radius 2 is 1.92 bits per heavy atom. The van der Waals surface area contributed by atoms with Crippen molar-refractivity contribution >= 4 is 5.91 Å². The Labute approximate surface area is 80.6 Å². The average Bonchev–Trinajstić information content (AvgIpc) is 2.06. The molecule has 1 unspecified atom stereocenters. The van der Waals surface area contributed by atoms with Crippen LogP contribution in [-0.4, -0.2) is 29.9 Å². The molecule has 0 heterocycles. The third kappa shape index (κ3) is 4.08. The number of nitrogens with zero attached hydrogens (tertiary/aromatic N) is 1. The zero-order valence-corrected chi connectivity index (χ0v) is 9.00. The Balaban J connectivity index is 4.33. The van der Waals surface area contributed by atoms with Crippen molar-refractivity contribution in [3.05, 3.63) is 11.6 Å². The molecule has 0 aromatic carbocycles. The van der Waals surface area contributed by atoms with E-state index in [-0.39, 0.29) is 11.9 Å². The lowest BCUT2D eigenvalue weighted by Gasteiger charge is -2.23. The van der Waals surface area contributed by atoms with E-state index < -0.39 is 0 Å². The number of primary amides is 1. The molecule has 3 nitrogen and oxygen atoms in total. The maximum atomic E-state index is 10.8. The molecule has 0 spiro atoms. The van der Waals surface area contributed by atoms with E-state index in [2.05, 4.69) is 25.7 Å². The molecule has 0 fully saturated rings. The Morgan fingerprint density at radius 1 is 1.46 bits per heavy atom. The zero-order chi connectivity index (χ0) is 10.4. The quantitative estimate of drug-likeness (QED) is 0.651. The van der Waals surface area contributed by atoms with E-state index in [0.717, 1.165) is 13.1 Å². The van der Waals surface area contributed by atoms with Crippen LogP contribution in [0.1, 0.15) is 27.7 Å². The molecule has 1 amide bonds. The summed E-state index contributed by atoms with van der Waals surface area (Å²) in [7, 11) is 0. The van der Waals surface area contributed by atoms with Crippen LogP contribution < -0.4 is 5.73 Å². The van der Waals surface area contributed by atoms with Crippen LogP contribution in [0.25, 0.3) is 0 Å². The second-order valence-corrected chi connectivity index (χ2v) is 3.18. The molecule has 0 saturated carbocycles. The predicted octanol–water partition coefficient (Wildman–Crippen LogP) is 1.15. The lowest BCUT2D eigenvalue weighted by molar-refractivity contribution is -0.114. The molecule has 3 heteroatoms. The van der Waals surface area contributed by atoms with E-state index in [1.54, 1.807) is 6.92 Å². The number of hydrogen-bond donors (Lipinski definition) is 1. The van der Waals surface area contributed by atoms with Gasteiger partial charge in [-0.2, -0.15) is 0 Å². The summed E-state index contributed by atoms with van der Waals surface area (Å²) < 4.78 is 0. The fraction of sp³-hybridized carbons (Fsp3) is 0.700. The van der Waals surface area contributed by atoms with Crippen LogP contribution in [0.2, 0.25) is 0 Å². The lowest BCUT2D eigenvalue weighted by Crippen LogP contribution is -2.32. The first kappa shape index (κ1) is 12.2. The highest BCUT2D eigenvalue weighted by Crippen LogP contribution is 2.03. The number of hydrogen-bond acceptors (Lipinski definition) is 2. The molecule has 0 aliphatic carbocycles. The van der Waals surface area contributed by atoms with Gasteiger partial charge >= 0.3 is 0 Å². The van der Waals surface area contributed by atoms with Gasteiger partial charge < -0.3 is 5.73 Å². The molecule has 2 N–H and O–H groups in total. The third-order valence-corrected chi connectivity index (χ3v) is 2.27. The molecule has 0 aliphatic rings. The van der Waals surface area contributed by atoms with E-state index in [1.165, 1.54) is 0 Å². The number of carbonyl (C=O) groups excluding carboxylic acids is 1.